The van der Waals surface area contributed by atoms with E-state index in [9.17, 15) is 14.0 Å². The normalized spacial score (nSPS) is 19.9. The highest BCUT2D eigenvalue weighted by Gasteiger charge is 2.34. The summed E-state index contributed by atoms with van der Waals surface area (Å²) in [7, 11) is 0. The third kappa shape index (κ3) is 3.15. The van der Waals surface area contributed by atoms with Gasteiger partial charge in [-0.25, -0.2) is 9.18 Å². The first-order valence-corrected chi connectivity index (χ1v) is 6.76. The van der Waals surface area contributed by atoms with Gasteiger partial charge in [0.15, 0.2) is 0 Å². The summed E-state index contributed by atoms with van der Waals surface area (Å²) < 4.78 is 12.9. The second kappa shape index (κ2) is 6.03. The minimum atomic E-state index is -0.940. The first-order valence-electron chi connectivity index (χ1n) is 6.76. The highest BCUT2D eigenvalue weighted by Crippen LogP contribution is 2.24. The van der Waals surface area contributed by atoms with Crippen LogP contribution in [0.1, 0.15) is 37.7 Å². The summed E-state index contributed by atoms with van der Waals surface area (Å²) >= 11 is 0. The number of hydrogen-bond donors (Lipinski definition) is 1. The van der Waals surface area contributed by atoms with E-state index in [-0.39, 0.29) is 24.1 Å². The molecule has 1 amide bonds. The fourth-order valence-electron chi connectivity index (χ4n) is 2.61. The molecule has 1 aromatic rings. The number of halogens is 1. The van der Waals surface area contributed by atoms with Gasteiger partial charge in [0.05, 0.1) is 0 Å². The van der Waals surface area contributed by atoms with Crippen molar-refractivity contribution >= 4 is 11.9 Å². The molecule has 0 spiro atoms. The quantitative estimate of drug-likeness (QED) is 0.920. The Balaban J connectivity index is 2.00. The molecule has 2 atom stereocenters. The Morgan fingerprint density at radius 2 is 2.05 bits per heavy atom. The zero-order chi connectivity index (χ0) is 14.7. The molecule has 0 bridgehead atoms. The molecule has 0 aromatic heterocycles. The third-order valence-corrected chi connectivity index (χ3v) is 3.78. The molecule has 0 aliphatic carbocycles. The molecule has 1 saturated heterocycles. The smallest absolute Gasteiger partial charge is 0.326 e. The average molecular weight is 279 g/mol. The number of carbonyl (C=O) groups excluding carboxylic acids is 1. The van der Waals surface area contributed by atoms with Gasteiger partial charge in [0.25, 0.3) is 0 Å². The molecule has 0 radical (unpaired) electrons. The number of aliphatic carboxylic acids is 1. The Labute approximate surface area is 117 Å². The molecular weight excluding hydrogens is 261 g/mol. The van der Waals surface area contributed by atoms with E-state index >= 15 is 0 Å². The number of likely N-dealkylation sites (tertiary alicyclic amines) is 1. The summed E-state index contributed by atoms with van der Waals surface area (Å²) in [5.74, 6) is -1.45. The second-order valence-electron chi connectivity index (χ2n) is 5.24. The van der Waals surface area contributed by atoms with Gasteiger partial charge < -0.3 is 10.0 Å². The Hall–Kier alpha value is -1.91. The number of benzene rings is 1. The number of carbonyl (C=O) groups is 2. The monoisotopic (exact) mass is 279 g/mol. The topological polar surface area (TPSA) is 57.6 Å². The minimum Gasteiger partial charge on any atom is -0.480 e. The van der Waals surface area contributed by atoms with Crippen molar-refractivity contribution in [2.75, 3.05) is 6.54 Å². The lowest BCUT2D eigenvalue weighted by Gasteiger charge is -2.23. The first-order chi connectivity index (χ1) is 9.49. The van der Waals surface area contributed by atoms with Crippen LogP contribution in [0.3, 0.4) is 0 Å². The minimum absolute atomic E-state index is 0.0573. The van der Waals surface area contributed by atoms with Gasteiger partial charge in [0.1, 0.15) is 11.9 Å². The van der Waals surface area contributed by atoms with Gasteiger partial charge in [-0.05, 0) is 36.5 Å². The summed E-state index contributed by atoms with van der Waals surface area (Å²) in [5, 5.41) is 9.08. The van der Waals surface area contributed by atoms with E-state index < -0.39 is 12.0 Å². The van der Waals surface area contributed by atoms with Crippen molar-refractivity contribution in [1.82, 2.24) is 4.90 Å². The lowest BCUT2D eigenvalue weighted by Crippen LogP contribution is -2.40. The van der Waals surface area contributed by atoms with E-state index in [0.29, 0.717) is 13.0 Å². The number of amides is 1. The molecule has 20 heavy (non-hydrogen) atoms. The van der Waals surface area contributed by atoms with Crippen LogP contribution in [0.2, 0.25) is 0 Å². The summed E-state index contributed by atoms with van der Waals surface area (Å²) in [5.41, 5.74) is 0.880. The van der Waals surface area contributed by atoms with Crippen LogP contribution < -0.4 is 0 Å². The fourth-order valence-corrected chi connectivity index (χ4v) is 2.61. The summed E-state index contributed by atoms with van der Waals surface area (Å²) in [6.07, 6.45) is 1.50. The van der Waals surface area contributed by atoms with Gasteiger partial charge in [0, 0.05) is 13.0 Å². The molecule has 0 saturated carbocycles. The van der Waals surface area contributed by atoms with E-state index in [1.807, 2.05) is 6.92 Å². The lowest BCUT2D eigenvalue weighted by molar-refractivity contribution is -0.148. The van der Waals surface area contributed by atoms with Crippen LogP contribution >= 0.6 is 0 Å². The Morgan fingerprint density at radius 1 is 1.40 bits per heavy atom. The number of nitrogens with zero attached hydrogens (tertiary/aromatic N) is 1. The van der Waals surface area contributed by atoms with Crippen LogP contribution in [0, 0.1) is 5.82 Å². The van der Waals surface area contributed by atoms with Crippen LogP contribution in [0.5, 0.6) is 0 Å². The van der Waals surface area contributed by atoms with Crippen molar-refractivity contribution in [3.8, 4) is 0 Å². The highest BCUT2D eigenvalue weighted by atomic mass is 19.1. The van der Waals surface area contributed by atoms with Gasteiger partial charge in [-0.2, -0.15) is 0 Å². The van der Waals surface area contributed by atoms with Crippen LogP contribution in [0.15, 0.2) is 24.3 Å². The van der Waals surface area contributed by atoms with Crippen LogP contribution in [0.4, 0.5) is 4.39 Å². The fraction of sp³-hybridized carbons (Fsp3) is 0.467. The first kappa shape index (κ1) is 14.5. The zero-order valence-corrected chi connectivity index (χ0v) is 11.4. The molecular formula is C15H18FNO3. The standard InChI is InChI=1S/C15H18FNO3/c1-10(11-4-6-12(16)7-5-11)9-14(18)17-8-2-3-13(17)15(19)20/h4-7,10,13H,2-3,8-9H2,1H3,(H,19,20)/t10?,13-/m0/s1. The predicted octanol–water partition coefficient (Wildman–Crippen LogP) is 2.39. The highest BCUT2D eigenvalue weighted by molar-refractivity contribution is 5.84. The molecule has 1 aliphatic rings. The molecule has 5 heteroatoms. The van der Waals surface area contributed by atoms with Gasteiger partial charge in [0.2, 0.25) is 5.91 Å². The predicted molar refractivity (Wildman–Crippen MR) is 71.8 cm³/mol. The Bertz CT molecular complexity index is 500. The number of carboxylic acid groups (broad SMARTS) is 1. The van der Waals surface area contributed by atoms with Gasteiger partial charge in [-0.3, -0.25) is 4.79 Å². The molecule has 1 heterocycles. The van der Waals surface area contributed by atoms with Crippen LogP contribution in [-0.4, -0.2) is 34.5 Å². The maximum absolute atomic E-state index is 12.9. The molecule has 4 nitrogen and oxygen atoms in total. The maximum Gasteiger partial charge on any atom is 0.326 e. The zero-order valence-electron chi connectivity index (χ0n) is 11.4. The molecule has 1 aliphatic heterocycles. The summed E-state index contributed by atoms with van der Waals surface area (Å²) in [6, 6.07) is 5.36. The van der Waals surface area contributed by atoms with Crippen molar-refractivity contribution in [3.63, 3.8) is 0 Å². The van der Waals surface area contributed by atoms with Gasteiger partial charge in [-0.1, -0.05) is 19.1 Å². The summed E-state index contributed by atoms with van der Waals surface area (Å²) in [6.45, 7) is 2.39. The van der Waals surface area contributed by atoms with Crippen LogP contribution in [0.25, 0.3) is 0 Å². The molecule has 1 N–H and O–H groups in total. The van der Waals surface area contributed by atoms with Gasteiger partial charge in [-0.15, -0.1) is 0 Å². The molecule has 2 rings (SSSR count). The molecule has 1 unspecified atom stereocenters. The van der Waals surface area contributed by atoms with E-state index in [1.165, 1.54) is 17.0 Å². The third-order valence-electron chi connectivity index (χ3n) is 3.78. The second-order valence-corrected chi connectivity index (χ2v) is 5.24. The van der Waals surface area contributed by atoms with Crippen molar-refractivity contribution < 1.29 is 19.1 Å². The van der Waals surface area contributed by atoms with E-state index in [4.69, 9.17) is 5.11 Å². The Morgan fingerprint density at radius 3 is 2.65 bits per heavy atom. The lowest BCUT2D eigenvalue weighted by atomic mass is 9.97. The van der Waals surface area contributed by atoms with E-state index in [2.05, 4.69) is 0 Å². The molecule has 1 aromatic carbocycles. The van der Waals surface area contributed by atoms with Crippen LogP contribution in [-0.2, 0) is 9.59 Å². The average Bonchev–Trinajstić information content (AvgIpc) is 2.88. The molecule has 108 valence electrons. The van der Waals surface area contributed by atoms with Gasteiger partial charge >= 0.3 is 5.97 Å². The number of hydrogen-bond acceptors (Lipinski definition) is 2. The van der Waals surface area contributed by atoms with Crippen molar-refractivity contribution in [2.24, 2.45) is 0 Å². The number of rotatable bonds is 4. The summed E-state index contributed by atoms with van der Waals surface area (Å²) in [4.78, 5) is 24.7. The maximum atomic E-state index is 12.9. The van der Waals surface area contributed by atoms with Crippen molar-refractivity contribution in [3.05, 3.63) is 35.6 Å². The Kier molecular flexibility index (Phi) is 4.37. The molecule has 1 fully saturated rings. The SMILES string of the molecule is CC(CC(=O)N1CCC[C@H]1C(=O)O)c1ccc(F)cc1. The largest absolute Gasteiger partial charge is 0.480 e. The van der Waals surface area contributed by atoms with E-state index in [1.54, 1.807) is 12.1 Å². The van der Waals surface area contributed by atoms with Crippen molar-refractivity contribution in [2.45, 2.75) is 38.1 Å². The van der Waals surface area contributed by atoms with E-state index in [0.717, 1.165) is 12.0 Å². The number of carboxylic acids is 1. The van der Waals surface area contributed by atoms with Crippen molar-refractivity contribution in [1.29, 1.82) is 0 Å².